The van der Waals surface area contributed by atoms with E-state index in [9.17, 15) is 4.79 Å². The fraction of sp³-hybridized carbons (Fsp3) is 0.708. The van der Waals surface area contributed by atoms with Crippen LogP contribution < -0.4 is 4.90 Å². The zero-order valence-corrected chi connectivity index (χ0v) is 18.2. The van der Waals surface area contributed by atoms with Crippen molar-refractivity contribution in [3.8, 4) is 0 Å². The number of hydrogen-bond acceptors (Lipinski definition) is 3. The van der Waals surface area contributed by atoms with Gasteiger partial charge in [-0.15, -0.1) is 0 Å². The molecule has 1 aliphatic carbocycles. The monoisotopic (exact) mass is 385 g/mol. The molecule has 0 spiro atoms. The molecule has 1 aromatic carbocycles. The summed E-state index contributed by atoms with van der Waals surface area (Å²) in [5.41, 5.74) is 2.64. The minimum atomic E-state index is 0.285. The van der Waals surface area contributed by atoms with Gasteiger partial charge in [-0.1, -0.05) is 38.3 Å². The minimum absolute atomic E-state index is 0.285. The Morgan fingerprint density at radius 3 is 2.43 bits per heavy atom. The number of rotatable bonds is 7. The second-order valence-electron chi connectivity index (χ2n) is 9.08. The first-order valence-corrected chi connectivity index (χ1v) is 11.3. The van der Waals surface area contributed by atoms with Crippen LogP contribution in [0.1, 0.15) is 57.4 Å². The molecule has 0 atom stereocenters. The van der Waals surface area contributed by atoms with Crippen molar-refractivity contribution in [2.45, 2.75) is 58.4 Å². The van der Waals surface area contributed by atoms with Crippen LogP contribution >= 0.6 is 0 Å². The number of anilines is 1. The van der Waals surface area contributed by atoms with Crippen LogP contribution in [-0.2, 0) is 11.3 Å². The molecule has 0 bridgehead atoms. The highest BCUT2D eigenvalue weighted by atomic mass is 16.2. The predicted octanol–water partition coefficient (Wildman–Crippen LogP) is 4.39. The van der Waals surface area contributed by atoms with E-state index in [2.05, 4.69) is 60.0 Å². The van der Waals surface area contributed by atoms with Crippen molar-refractivity contribution in [3.63, 3.8) is 0 Å². The van der Waals surface area contributed by atoms with E-state index in [4.69, 9.17) is 0 Å². The minimum Gasteiger partial charge on any atom is -0.368 e. The molecule has 1 aliphatic heterocycles. The highest BCUT2D eigenvalue weighted by Gasteiger charge is 2.30. The fourth-order valence-electron chi connectivity index (χ4n) is 4.85. The van der Waals surface area contributed by atoms with Gasteiger partial charge in [-0.3, -0.25) is 4.79 Å². The molecular weight excluding hydrogens is 346 g/mol. The lowest BCUT2D eigenvalue weighted by atomic mass is 9.79. The number of carbonyl (C=O) groups is 1. The third-order valence-corrected chi connectivity index (χ3v) is 6.53. The van der Waals surface area contributed by atoms with Crippen molar-refractivity contribution in [1.82, 2.24) is 9.80 Å². The molecular formula is C24H39N3O. The first kappa shape index (κ1) is 21.2. The van der Waals surface area contributed by atoms with Crippen molar-refractivity contribution in [2.24, 2.45) is 11.8 Å². The maximum atomic E-state index is 13.0. The molecule has 1 amide bonds. The van der Waals surface area contributed by atoms with Crippen LogP contribution in [0, 0.1) is 11.8 Å². The van der Waals surface area contributed by atoms with Gasteiger partial charge in [0.05, 0.1) is 0 Å². The predicted molar refractivity (Wildman–Crippen MR) is 118 cm³/mol. The summed E-state index contributed by atoms with van der Waals surface area (Å²) < 4.78 is 0. The summed E-state index contributed by atoms with van der Waals surface area (Å²) in [7, 11) is 4.21. The van der Waals surface area contributed by atoms with Gasteiger partial charge in [0, 0.05) is 44.3 Å². The molecule has 28 heavy (non-hydrogen) atoms. The molecule has 3 rings (SSSR count). The van der Waals surface area contributed by atoms with Gasteiger partial charge in [0.1, 0.15) is 0 Å². The zero-order valence-electron chi connectivity index (χ0n) is 18.2. The van der Waals surface area contributed by atoms with Gasteiger partial charge in [-0.05, 0) is 63.4 Å². The van der Waals surface area contributed by atoms with Gasteiger partial charge < -0.3 is 14.7 Å². The van der Waals surface area contributed by atoms with E-state index in [0.717, 1.165) is 51.5 Å². The molecule has 4 heteroatoms. The van der Waals surface area contributed by atoms with Crippen LogP contribution in [0.4, 0.5) is 5.69 Å². The Morgan fingerprint density at radius 1 is 1.07 bits per heavy atom. The lowest BCUT2D eigenvalue weighted by Gasteiger charge is -2.39. The second-order valence-corrected chi connectivity index (χ2v) is 9.08. The Morgan fingerprint density at radius 2 is 1.79 bits per heavy atom. The Hall–Kier alpha value is -1.55. The standard InChI is InChI=1S/C24H39N3O/c1-4-5-7-20-10-12-22(13-11-20)24(28)27-16-14-26(15-17-27)23-9-6-8-21(18-23)19-25(2)3/h6,8-9,18,20,22H,4-5,7,10-17,19H2,1-3H3. The van der Waals surface area contributed by atoms with Gasteiger partial charge in [0.2, 0.25) is 5.91 Å². The molecule has 2 fully saturated rings. The first-order valence-electron chi connectivity index (χ1n) is 11.3. The number of piperazine rings is 1. The number of amides is 1. The lowest BCUT2D eigenvalue weighted by molar-refractivity contribution is -0.137. The third kappa shape index (κ3) is 5.73. The summed E-state index contributed by atoms with van der Waals surface area (Å²) in [5, 5.41) is 0. The largest absolute Gasteiger partial charge is 0.368 e. The van der Waals surface area contributed by atoms with E-state index < -0.39 is 0 Å². The molecule has 1 heterocycles. The molecule has 4 nitrogen and oxygen atoms in total. The first-order chi connectivity index (χ1) is 13.6. The average Bonchev–Trinajstić information content (AvgIpc) is 2.72. The van der Waals surface area contributed by atoms with Crippen molar-refractivity contribution < 1.29 is 4.79 Å². The Labute approximate surface area is 171 Å². The molecule has 0 unspecified atom stereocenters. The summed E-state index contributed by atoms with van der Waals surface area (Å²) in [4.78, 5) is 19.8. The van der Waals surface area contributed by atoms with E-state index in [0.29, 0.717) is 5.91 Å². The van der Waals surface area contributed by atoms with Gasteiger partial charge in [0.15, 0.2) is 0 Å². The SMILES string of the molecule is CCCCC1CCC(C(=O)N2CCN(c3cccc(CN(C)C)c3)CC2)CC1. The van der Waals surface area contributed by atoms with Crippen LogP contribution in [0.2, 0.25) is 0 Å². The van der Waals surface area contributed by atoms with E-state index in [-0.39, 0.29) is 5.92 Å². The molecule has 0 radical (unpaired) electrons. The third-order valence-electron chi connectivity index (χ3n) is 6.53. The molecule has 0 aromatic heterocycles. The van der Waals surface area contributed by atoms with E-state index in [1.807, 2.05) is 0 Å². The smallest absolute Gasteiger partial charge is 0.225 e. The molecule has 156 valence electrons. The normalized spacial score (nSPS) is 23.3. The molecule has 1 aromatic rings. The van der Waals surface area contributed by atoms with Gasteiger partial charge in [-0.25, -0.2) is 0 Å². The van der Waals surface area contributed by atoms with Gasteiger partial charge >= 0.3 is 0 Å². The maximum Gasteiger partial charge on any atom is 0.225 e. The summed E-state index contributed by atoms with van der Waals surface area (Å²) in [6.07, 6.45) is 8.75. The number of nitrogens with zero attached hydrogens (tertiary/aromatic N) is 3. The van der Waals surface area contributed by atoms with Gasteiger partial charge in [0.25, 0.3) is 0 Å². The molecule has 1 saturated heterocycles. The van der Waals surface area contributed by atoms with E-state index >= 15 is 0 Å². The van der Waals surface area contributed by atoms with Crippen LogP contribution in [0.3, 0.4) is 0 Å². The van der Waals surface area contributed by atoms with E-state index in [1.165, 1.54) is 43.4 Å². The van der Waals surface area contributed by atoms with Crippen LogP contribution in [0.5, 0.6) is 0 Å². The highest BCUT2D eigenvalue weighted by molar-refractivity contribution is 5.79. The summed E-state index contributed by atoms with van der Waals surface area (Å²) in [6, 6.07) is 8.85. The number of carbonyl (C=O) groups excluding carboxylic acids is 1. The quantitative estimate of drug-likeness (QED) is 0.696. The highest BCUT2D eigenvalue weighted by Crippen LogP contribution is 2.33. The molecule has 2 aliphatic rings. The van der Waals surface area contributed by atoms with Crippen molar-refractivity contribution >= 4 is 11.6 Å². The van der Waals surface area contributed by atoms with Crippen LogP contribution in [-0.4, -0.2) is 56.0 Å². The van der Waals surface area contributed by atoms with Crippen LogP contribution in [0.25, 0.3) is 0 Å². The van der Waals surface area contributed by atoms with E-state index in [1.54, 1.807) is 0 Å². The zero-order chi connectivity index (χ0) is 19.9. The van der Waals surface area contributed by atoms with Crippen LogP contribution in [0.15, 0.2) is 24.3 Å². The Bertz CT molecular complexity index is 614. The fourth-order valence-corrected chi connectivity index (χ4v) is 4.85. The Balaban J connectivity index is 1.47. The number of unbranched alkanes of at least 4 members (excludes halogenated alkanes) is 1. The second kappa shape index (κ2) is 10.3. The van der Waals surface area contributed by atoms with Crippen molar-refractivity contribution in [1.29, 1.82) is 0 Å². The van der Waals surface area contributed by atoms with Gasteiger partial charge in [-0.2, -0.15) is 0 Å². The summed E-state index contributed by atoms with van der Waals surface area (Å²) in [5.74, 6) is 1.58. The van der Waals surface area contributed by atoms with Crippen molar-refractivity contribution in [3.05, 3.63) is 29.8 Å². The maximum absolute atomic E-state index is 13.0. The number of hydrogen-bond donors (Lipinski definition) is 0. The van der Waals surface area contributed by atoms with Crippen molar-refractivity contribution in [2.75, 3.05) is 45.2 Å². The lowest BCUT2D eigenvalue weighted by Crippen LogP contribution is -2.50. The Kier molecular flexibility index (Phi) is 7.78. The number of benzene rings is 1. The summed E-state index contributed by atoms with van der Waals surface area (Å²) in [6.45, 7) is 6.87. The summed E-state index contributed by atoms with van der Waals surface area (Å²) >= 11 is 0. The average molecular weight is 386 g/mol. The molecule has 1 saturated carbocycles. The molecule has 0 N–H and O–H groups in total. The topological polar surface area (TPSA) is 26.8 Å².